The quantitative estimate of drug-likeness (QED) is 0.420. The Morgan fingerprint density at radius 3 is 2.46 bits per heavy atom. The van der Waals surface area contributed by atoms with E-state index in [1.165, 1.54) is 12.1 Å². The van der Waals surface area contributed by atoms with Crippen LogP contribution >= 0.6 is 0 Å². The first kappa shape index (κ1) is 15.8. The van der Waals surface area contributed by atoms with Gasteiger partial charge in [0.1, 0.15) is 0 Å². The van der Waals surface area contributed by atoms with Gasteiger partial charge in [0.25, 0.3) is 5.69 Å². The molecule has 2 heterocycles. The number of hydrogen-bond donors (Lipinski definition) is 2. The summed E-state index contributed by atoms with van der Waals surface area (Å²) in [6, 6.07) is 16.0. The highest BCUT2D eigenvalue weighted by Crippen LogP contribution is 2.32. The van der Waals surface area contributed by atoms with Crippen LogP contribution in [-0.2, 0) is 0 Å². The van der Waals surface area contributed by atoms with E-state index in [1.807, 2.05) is 30.5 Å². The third-order valence-electron chi connectivity index (χ3n) is 4.21. The topological polar surface area (TPSA) is 96.7 Å². The minimum Gasteiger partial charge on any atom is -0.361 e. The van der Waals surface area contributed by atoms with E-state index in [9.17, 15) is 10.1 Å². The highest BCUT2D eigenvalue weighted by Gasteiger charge is 2.20. The number of nitrogens with one attached hydrogen (secondary N) is 2. The summed E-state index contributed by atoms with van der Waals surface area (Å²) in [6.07, 6.45) is 5.27. The molecule has 7 heteroatoms. The van der Waals surface area contributed by atoms with Crippen molar-refractivity contribution in [2.45, 2.75) is 6.04 Å². The van der Waals surface area contributed by atoms with E-state index in [2.05, 4.69) is 20.3 Å². The average molecular weight is 345 g/mol. The number of nitrogens with zero attached hydrogens (tertiary/aromatic N) is 3. The third kappa shape index (κ3) is 2.98. The van der Waals surface area contributed by atoms with Gasteiger partial charge in [-0.3, -0.25) is 10.1 Å². The number of hydrogen-bond acceptors (Lipinski definition) is 5. The van der Waals surface area contributed by atoms with Crippen molar-refractivity contribution < 1.29 is 4.92 Å². The second-order valence-electron chi connectivity index (χ2n) is 5.79. The Kier molecular flexibility index (Phi) is 4.03. The Morgan fingerprint density at radius 1 is 1.00 bits per heavy atom. The fourth-order valence-electron chi connectivity index (χ4n) is 2.96. The summed E-state index contributed by atoms with van der Waals surface area (Å²) in [5.74, 6) is 0.487. The Hall–Kier alpha value is -3.74. The lowest BCUT2D eigenvalue weighted by molar-refractivity contribution is -0.384. The van der Waals surface area contributed by atoms with Crippen LogP contribution in [0.3, 0.4) is 0 Å². The van der Waals surface area contributed by atoms with Crippen LogP contribution in [-0.4, -0.2) is 19.9 Å². The third-order valence-corrected chi connectivity index (χ3v) is 4.21. The molecule has 2 aromatic carbocycles. The number of aromatic nitrogens is 3. The van der Waals surface area contributed by atoms with E-state index in [0.717, 1.165) is 22.0 Å². The van der Waals surface area contributed by atoms with Gasteiger partial charge in [0.15, 0.2) is 0 Å². The van der Waals surface area contributed by atoms with Gasteiger partial charge in [-0.15, -0.1) is 0 Å². The lowest BCUT2D eigenvalue weighted by atomic mass is 9.98. The van der Waals surface area contributed by atoms with Crippen LogP contribution in [0.4, 0.5) is 11.6 Å². The van der Waals surface area contributed by atoms with Crippen LogP contribution in [0.25, 0.3) is 10.9 Å². The molecule has 2 N–H and O–H groups in total. The van der Waals surface area contributed by atoms with E-state index in [0.29, 0.717) is 5.95 Å². The van der Waals surface area contributed by atoms with Crippen LogP contribution in [0.2, 0.25) is 0 Å². The number of fused-ring (bicyclic) bond motifs is 1. The maximum atomic E-state index is 10.9. The van der Waals surface area contributed by atoms with Crippen molar-refractivity contribution in [3.63, 3.8) is 0 Å². The standard InChI is InChI=1S/C19H15N5O2/c25-24(26)14-8-6-13(7-9-14)18(23-19-20-10-3-11-21-19)16-12-22-17-5-2-1-4-15(16)17/h1-12,18,22H,(H,20,21,23). The summed E-state index contributed by atoms with van der Waals surface area (Å²) >= 11 is 0. The van der Waals surface area contributed by atoms with Crippen molar-refractivity contribution in [3.05, 3.63) is 94.4 Å². The summed E-state index contributed by atoms with van der Waals surface area (Å²) in [6.45, 7) is 0. The van der Waals surface area contributed by atoms with Crippen LogP contribution in [0, 0.1) is 10.1 Å². The Morgan fingerprint density at radius 2 is 1.73 bits per heavy atom. The minimum atomic E-state index is -0.405. The maximum Gasteiger partial charge on any atom is 0.269 e. The zero-order chi connectivity index (χ0) is 17.9. The van der Waals surface area contributed by atoms with Crippen molar-refractivity contribution in [2.75, 3.05) is 5.32 Å². The number of H-pyrrole nitrogens is 1. The predicted octanol–water partition coefficient (Wildman–Crippen LogP) is 4.07. The number of nitro benzene ring substituents is 1. The smallest absolute Gasteiger partial charge is 0.269 e. The molecule has 1 atom stereocenters. The number of para-hydroxylation sites is 1. The summed E-state index contributed by atoms with van der Waals surface area (Å²) in [5.41, 5.74) is 2.97. The zero-order valence-electron chi connectivity index (χ0n) is 13.7. The van der Waals surface area contributed by atoms with Gasteiger partial charge in [-0.05, 0) is 29.8 Å². The number of aromatic amines is 1. The van der Waals surface area contributed by atoms with Gasteiger partial charge in [0, 0.05) is 47.2 Å². The molecule has 0 aliphatic carbocycles. The molecular weight excluding hydrogens is 330 g/mol. The molecule has 128 valence electrons. The molecule has 0 amide bonds. The molecule has 7 nitrogen and oxygen atoms in total. The molecule has 4 aromatic rings. The van der Waals surface area contributed by atoms with Gasteiger partial charge in [-0.25, -0.2) is 9.97 Å². The van der Waals surface area contributed by atoms with E-state index >= 15 is 0 Å². The van der Waals surface area contributed by atoms with Gasteiger partial charge in [-0.2, -0.15) is 0 Å². The van der Waals surface area contributed by atoms with Crippen molar-refractivity contribution in [2.24, 2.45) is 0 Å². The number of nitro groups is 1. The summed E-state index contributed by atoms with van der Waals surface area (Å²) in [7, 11) is 0. The Bertz CT molecular complexity index is 1040. The second-order valence-corrected chi connectivity index (χ2v) is 5.79. The van der Waals surface area contributed by atoms with Crippen LogP contribution in [0.1, 0.15) is 17.2 Å². The maximum absolute atomic E-state index is 10.9. The monoisotopic (exact) mass is 345 g/mol. The lowest BCUT2D eigenvalue weighted by Gasteiger charge is -2.19. The molecule has 1 unspecified atom stereocenters. The normalized spacial score (nSPS) is 12.0. The minimum absolute atomic E-state index is 0.0578. The van der Waals surface area contributed by atoms with Gasteiger partial charge in [0.2, 0.25) is 5.95 Å². The summed E-state index contributed by atoms with van der Waals surface area (Å²) in [4.78, 5) is 22.3. The van der Waals surface area contributed by atoms with E-state index in [-0.39, 0.29) is 11.7 Å². The molecule has 4 rings (SSSR count). The molecule has 0 aliphatic heterocycles. The van der Waals surface area contributed by atoms with Gasteiger partial charge in [-0.1, -0.05) is 18.2 Å². The predicted molar refractivity (Wildman–Crippen MR) is 98.9 cm³/mol. The molecule has 0 saturated carbocycles. The van der Waals surface area contributed by atoms with Crippen molar-refractivity contribution in [1.82, 2.24) is 15.0 Å². The lowest BCUT2D eigenvalue weighted by Crippen LogP contribution is -2.14. The molecule has 26 heavy (non-hydrogen) atoms. The Labute approximate surface area is 148 Å². The van der Waals surface area contributed by atoms with Gasteiger partial charge in [0.05, 0.1) is 11.0 Å². The Balaban J connectivity index is 1.80. The van der Waals surface area contributed by atoms with Gasteiger partial charge < -0.3 is 10.3 Å². The average Bonchev–Trinajstić information content (AvgIpc) is 3.11. The van der Waals surface area contributed by atoms with Crippen LogP contribution in [0.5, 0.6) is 0 Å². The number of anilines is 1. The molecule has 0 bridgehead atoms. The second kappa shape index (κ2) is 6.64. The number of rotatable bonds is 5. The SMILES string of the molecule is O=[N+]([O-])c1ccc(C(Nc2ncccn2)c2c[nH]c3ccccc23)cc1. The van der Waals surface area contributed by atoms with Crippen molar-refractivity contribution in [3.8, 4) is 0 Å². The van der Waals surface area contributed by atoms with E-state index in [4.69, 9.17) is 0 Å². The fraction of sp³-hybridized carbons (Fsp3) is 0.0526. The first-order chi connectivity index (χ1) is 12.7. The largest absolute Gasteiger partial charge is 0.361 e. The van der Waals surface area contributed by atoms with Crippen LogP contribution < -0.4 is 5.32 Å². The number of benzene rings is 2. The summed E-state index contributed by atoms with van der Waals surface area (Å²) in [5, 5.41) is 15.3. The van der Waals surface area contributed by atoms with E-state index in [1.54, 1.807) is 30.6 Å². The van der Waals surface area contributed by atoms with Crippen molar-refractivity contribution in [1.29, 1.82) is 0 Å². The molecule has 2 aromatic heterocycles. The molecule has 0 fully saturated rings. The molecule has 0 saturated heterocycles. The molecule has 0 spiro atoms. The zero-order valence-corrected chi connectivity index (χ0v) is 13.7. The molecule has 0 aliphatic rings. The first-order valence-electron chi connectivity index (χ1n) is 8.06. The highest BCUT2D eigenvalue weighted by molar-refractivity contribution is 5.84. The van der Waals surface area contributed by atoms with Gasteiger partial charge >= 0.3 is 0 Å². The fourth-order valence-corrected chi connectivity index (χ4v) is 2.96. The van der Waals surface area contributed by atoms with E-state index < -0.39 is 4.92 Å². The number of non-ortho nitro benzene ring substituents is 1. The highest BCUT2D eigenvalue weighted by atomic mass is 16.6. The van der Waals surface area contributed by atoms with Crippen molar-refractivity contribution >= 4 is 22.5 Å². The van der Waals surface area contributed by atoms with Crippen LogP contribution in [0.15, 0.2) is 73.2 Å². The molecular formula is C19H15N5O2. The molecule has 0 radical (unpaired) electrons. The summed E-state index contributed by atoms with van der Waals surface area (Å²) < 4.78 is 0. The first-order valence-corrected chi connectivity index (χ1v) is 8.06.